The maximum atomic E-state index is 10.5. The van der Waals surface area contributed by atoms with E-state index in [1.54, 1.807) is 0 Å². The van der Waals surface area contributed by atoms with E-state index < -0.39 is 0 Å². The smallest absolute Gasteiger partial charge is 0.166 e. The second-order valence-corrected chi connectivity index (χ2v) is 3.79. The molecule has 0 bridgehead atoms. The number of carbonyl (C=O) groups excluding carboxylic acids is 1. The van der Waals surface area contributed by atoms with Gasteiger partial charge in [0, 0.05) is 18.1 Å². The third kappa shape index (κ3) is 3.35. The summed E-state index contributed by atoms with van der Waals surface area (Å²) < 4.78 is 2.00. The van der Waals surface area contributed by atoms with Gasteiger partial charge in [-0.25, -0.2) is 0 Å². The molecular weight excluding hydrogens is 230 g/mol. The largest absolute Gasteiger partial charge is 0.345 e. The standard InChI is InChI=1S/C10H14BrNO/c11-6-2-1-3-7-12-8-4-5-10(12)9-13/h4-5,8-9H,1-3,6-7H2. The van der Waals surface area contributed by atoms with Crippen molar-refractivity contribution in [3.63, 3.8) is 0 Å². The first kappa shape index (κ1) is 10.5. The van der Waals surface area contributed by atoms with Gasteiger partial charge in [-0.05, 0) is 25.0 Å². The Bertz CT molecular complexity index is 257. The van der Waals surface area contributed by atoms with Crippen LogP contribution in [0.2, 0.25) is 0 Å². The summed E-state index contributed by atoms with van der Waals surface area (Å²) >= 11 is 3.39. The molecule has 72 valence electrons. The average molecular weight is 244 g/mol. The molecule has 0 fully saturated rings. The van der Waals surface area contributed by atoms with Crippen LogP contribution < -0.4 is 0 Å². The molecule has 1 aromatic rings. The van der Waals surface area contributed by atoms with Crippen molar-refractivity contribution in [2.45, 2.75) is 25.8 Å². The number of hydrogen-bond acceptors (Lipinski definition) is 1. The normalized spacial score (nSPS) is 10.2. The van der Waals surface area contributed by atoms with Crippen molar-refractivity contribution >= 4 is 22.2 Å². The van der Waals surface area contributed by atoms with E-state index in [4.69, 9.17) is 0 Å². The fraction of sp³-hybridized carbons (Fsp3) is 0.500. The minimum atomic E-state index is 0.777. The molecule has 0 aliphatic heterocycles. The van der Waals surface area contributed by atoms with Crippen LogP contribution in [0.15, 0.2) is 18.3 Å². The summed E-state index contributed by atoms with van der Waals surface area (Å²) in [6, 6.07) is 3.76. The summed E-state index contributed by atoms with van der Waals surface area (Å²) in [5.74, 6) is 0. The van der Waals surface area contributed by atoms with Gasteiger partial charge in [0.2, 0.25) is 0 Å². The van der Waals surface area contributed by atoms with Crippen molar-refractivity contribution in [2.24, 2.45) is 0 Å². The number of halogens is 1. The molecule has 0 spiro atoms. The molecule has 1 aromatic heterocycles. The molecule has 2 nitrogen and oxygen atoms in total. The Kier molecular flexibility index (Phi) is 4.83. The van der Waals surface area contributed by atoms with Crippen molar-refractivity contribution in [2.75, 3.05) is 5.33 Å². The summed E-state index contributed by atoms with van der Waals surface area (Å²) in [6.45, 7) is 0.952. The second-order valence-electron chi connectivity index (χ2n) is 2.99. The lowest BCUT2D eigenvalue weighted by Crippen LogP contribution is -2.00. The van der Waals surface area contributed by atoms with Gasteiger partial charge in [0.1, 0.15) is 0 Å². The van der Waals surface area contributed by atoms with Crippen LogP contribution in [0.3, 0.4) is 0 Å². The summed E-state index contributed by atoms with van der Waals surface area (Å²) in [6.07, 6.45) is 6.42. The zero-order valence-electron chi connectivity index (χ0n) is 7.58. The van der Waals surface area contributed by atoms with Gasteiger partial charge in [-0.2, -0.15) is 0 Å². The van der Waals surface area contributed by atoms with Gasteiger partial charge in [-0.1, -0.05) is 22.4 Å². The van der Waals surface area contributed by atoms with Crippen molar-refractivity contribution < 1.29 is 4.79 Å². The molecule has 3 heteroatoms. The first-order valence-corrected chi connectivity index (χ1v) is 5.67. The number of unbranched alkanes of at least 4 members (excludes halogenated alkanes) is 2. The molecule has 0 aliphatic carbocycles. The van der Waals surface area contributed by atoms with Crippen LogP contribution in [0.25, 0.3) is 0 Å². The van der Waals surface area contributed by atoms with Crippen LogP contribution in [-0.2, 0) is 6.54 Å². The van der Waals surface area contributed by atoms with Gasteiger partial charge in [-0.3, -0.25) is 4.79 Å². The monoisotopic (exact) mass is 243 g/mol. The zero-order valence-corrected chi connectivity index (χ0v) is 9.16. The molecule has 0 N–H and O–H groups in total. The lowest BCUT2D eigenvalue weighted by atomic mass is 10.2. The summed E-state index contributed by atoms with van der Waals surface area (Å²) in [7, 11) is 0. The number of rotatable bonds is 6. The number of alkyl halides is 1. The Hall–Kier alpha value is -0.570. The minimum absolute atomic E-state index is 0.777. The molecule has 0 radical (unpaired) electrons. The quantitative estimate of drug-likeness (QED) is 0.428. The van der Waals surface area contributed by atoms with E-state index in [9.17, 15) is 4.79 Å². The molecule has 1 rings (SSSR count). The van der Waals surface area contributed by atoms with Crippen LogP contribution in [0.1, 0.15) is 29.8 Å². The number of carbonyl (C=O) groups is 1. The highest BCUT2D eigenvalue weighted by Gasteiger charge is 1.97. The molecule has 0 amide bonds. The van der Waals surface area contributed by atoms with E-state index in [1.165, 1.54) is 12.8 Å². The topological polar surface area (TPSA) is 22.0 Å². The Morgan fingerprint density at radius 1 is 1.38 bits per heavy atom. The van der Waals surface area contributed by atoms with E-state index in [1.807, 2.05) is 22.9 Å². The molecule has 0 saturated heterocycles. The fourth-order valence-corrected chi connectivity index (χ4v) is 1.69. The van der Waals surface area contributed by atoms with Crippen molar-refractivity contribution in [3.8, 4) is 0 Å². The van der Waals surface area contributed by atoms with E-state index >= 15 is 0 Å². The maximum absolute atomic E-state index is 10.5. The number of nitrogens with zero attached hydrogens (tertiary/aromatic N) is 1. The SMILES string of the molecule is O=Cc1cccn1CCCCCBr. The Morgan fingerprint density at radius 3 is 2.92 bits per heavy atom. The minimum Gasteiger partial charge on any atom is -0.345 e. The van der Waals surface area contributed by atoms with Crippen LogP contribution in [-0.4, -0.2) is 16.2 Å². The van der Waals surface area contributed by atoms with Crippen molar-refractivity contribution in [1.82, 2.24) is 4.57 Å². The maximum Gasteiger partial charge on any atom is 0.166 e. The van der Waals surface area contributed by atoms with E-state index in [0.29, 0.717) is 0 Å². The Labute approximate surface area is 87.1 Å². The van der Waals surface area contributed by atoms with Gasteiger partial charge >= 0.3 is 0 Å². The van der Waals surface area contributed by atoms with Crippen LogP contribution in [0.4, 0.5) is 0 Å². The Balaban J connectivity index is 2.31. The lowest BCUT2D eigenvalue weighted by Gasteiger charge is -2.03. The molecule has 0 unspecified atom stereocenters. The number of aromatic nitrogens is 1. The molecule has 1 heterocycles. The fourth-order valence-electron chi connectivity index (χ4n) is 1.29. The third-order valence-electron chi connectivity index (χ3n) is 2.02. The molecule has 0 aromatic carbocycles. The summed E-state index contributed by atoms with van der Waals surface area (Å²) in [5.41, 5.74) is 0.777. The molecule has 13 heavy (non-hydrogen) atoms. The zero-order chi connectivity index (χ0) is 9.52. The first-order chi connectivity index (χ1) is 6.38. The van der Waals surface area contributed by atoms with E-state index in [0.717, 1.165) is 30.3 Å². The predicted octanol–water partition coefficient (Wildman–Crippen LogP) is 2.87. The number of aldehydes is 1. The predicted molar refractivity (Wildman–Crippen MR) is 57.5 cm³/mol. The summed E-state index contributed by atoms with van der Waals surface area (Å²) in [4.78, 5) is 10.5. The van der Waals surface area contributed by atoms with Crippen molar-refractivity contribution in [3.05, 3.63) is 24.0 Å². The second kappa shape index (κ2) is 5.97. The lowest BCUT2D eigenvalue weighted by molar-refractivity contribution is 0.111. The number of hydrogen-bond donors (Lipinski definition) is 0. The molecule has 0 atom stereocenters. The Morgan fingerprint density at radius 2 is 2.23 bits per heavy atom. The number of aryl methyl sites for hydroxylation is 1. The van der Waals surface area contributed by atoms with Gasteiger partial charge in [0.25, 0.3) is 0 Å². The van der Waals surface area contributed by atoms with E-state index in [-0.39, 0.29) is 0 Å². The van der Waals surface area contributed by atoms with Gasteiger partial charge in [0.05, 0.1) is 5.69 Å². The molecule has 0 aliphatic rings. The molecule has 0 saturated carbocycles. The highest BCUT2D eigenvalue weighted by Crippen LogP contribution is 2.04. The molecular formula is C10H14BrNO. The van der Waals surface area contributed by atoms with Gasteiger partial charge in [0.15, 0.2) is 6.29 Å². The first-order valence-electron chi connectivity index (χ1n) is 4.55. The summed E-state index contributed by atoms with van der Waals surface area (Å²) in [5, 5.41) is 1.07. The van der Waals surface area contributed by atoms with E-state index in [2.05, 4.69) is 15.9 Å². The highest BCUT2D eigenvalue weighted by atomic mass is 79.9. The van der Waals surface area contributed by atoms with Crippen LogP contribution >= 0.6 is 15.9 Å². The van der Waals surface area contributed by atoms with Crippen LogP contribution in [0.5, 0.6) is 0 Å². The van der Waals surface area contributed by atoms with Crippen molar-refractivity contribution in [1.29, 1.82) is 0 Å². The van der Waals surface area contributed by atoms with Crippen LogP contribution in [0, 0.1) is 0 Å². The highest BCUT2D eigenvalue weighted by molar-refractivity contribution is 9.09. The van der Waals surface area contributed by atoms with Gasteiger partial charge < -0.3 is 4.57 Å². The average Bonchev–Trinajstić information content (AvgIpc) is 2.60. The van der Waals surface area contributed by atoms with Gasteiger partial charge in [-0.15, -0.1) is 0 Å². The third-order valence-corrected chi connectivity index (χ3v) is 2.58.